The highest BCUT2D eigenvalue weighted by molar-refractivity contribution is 5.60. The molecule has 0 aliphatic carbocycles. The van der Waals surface area contributed by atoms with Gasteiger partial charge in [-0.15, -0.1) is 0 Å². The van der Waals surface area contributed by atoms with Gasteiger partial charge in [0.05, 0.1) is 11.1 Å². The zero-order valence-corrected chi connectivity index (χ0v) is 10.7. The second-order valence-corrected chi connectivity index (χ2v) is 4.02. The molecule has 2 rings (SSSR count). The lowest BCUT2D eigenvalue weighted by Crippen LogP contribution is -2.09. The third-order valence-electron chi connectivity index (χ3n) is 2.78. The first-order chi connectivity index (χ1) is 9.04. The molecule has 0 aliphatic heterocycles. The van der Waals surface area contributed by atoms with Crippen molar-refractivity contribution in [2.24, 2.45) is 0 Å². The van der Waals surface area contributed by atoms with E-state index in [1.165, 1.54) is 0 Å². The van der Waals surface area contributed by atoms with Gasteiger partial charge in [-0.1, -0.05) is 0 Å². The number of aromatic amines is 1. The number of hydrogen-bond donors (Lipinski definition) is 3. The van der Waals surface area contributed by atoms with Crippen LogP contribution in [0.15, 0.2) is 6.20 Å². The molecule has 2 aromatic heterocycles. The van der Waals surface area contributed by atoms with E-state index in [9.17, 15) is 10.1 Å². The van der Waals surface area contributed by atoms with E-state index in [4.69, 9.17) is 5.73 Å². The highest BCUT2D eigenvalue weighted by atomic mass is 16.6. The van der Waals surface area contributed by atoms with E-state index in [2.05, 4.69) is 20.6 Å². The molecule has 9 heteroatoms. The van der Waals surface area contributed by atoms with Crippen molar-refractivity contribution in [1.29, 1.82) is 0 Å². The van der Waals surface area contributed by atoms with E-state index in [-0.39, 0.29) is 5.69 Å². The molecule has 19 heavy (non-hydrogen) atoms. The molecule has 0 spiro atoms. The smallest absolute Gasteiger partial charge is 0.333 e. The van der Waals surface area contributed by atoms with Gasteiger partial charge in [0.25, 0.3) is 0 Å². The average molecular weight is 265 g/mol. The van der Waals surface area contributed by atoms with Crippen LogP contribution in [0.2, 0.25) is 0 Å². The highest BCUT2D eigenvalue weighted by Gasteiger charge is 2.24. The van der Waals surface area contributed by atoms with Gasteiger partial charge in [-0.25, -0.2) is 4.68 Å². The van der Waals surface area contributed by atoms with Crippen molar-refractivity contribution in [3.05, 3.63) is 27.6 Å². The number of hydrogen-bond acceptors (Lipinski definition) is 6. The van der Waals surface area contributed by atoms with Crippen molar-refractivity contribution in [2.45, 2.75) is 26.9 Å². The fourth-order valence-corrected chi connectivity index (χ4v) is 1.84. The number of nitrogens with zero attached hydrogens (tertiary/aromatic N) is 4. The molecule has 4 N–H and O–H groups in total. The molecule has 0 radical (unpaired) electrons. The van der Waals surface area contributed by atoms with Crippen LogP contribution in [0.25, 0.3) is 0 Å². The Bertz CT molecular complexity index is 601. The van der Waals surface area contributed by atoms with Gasteiger partial charge in [0, 0.05) is 18.7 Å². The van der Waals surface area contributed by atoms with Crippen molar-refractivity contribution < 1.29 is 4.92 Å². The fraction of sp³-hybridized carbons (Fsp3) is 0.400. The van der Waals surface area contributed by atoms with Gasteiger partial charge in [-0.2, -0.15) is 10.2 Å². The first-order valence-corrected chi connectivity index (χ1v) is 5.78. The summed E-state index contributed by atoms with van der Waals surface area (Å²) in [6.07, 6.45) is 1.58. The van der Waals surface area contributed by atoms with Crippen LogP contribution in [0, 0.1) is 17.0 Å². The van der Waals surface area contributed by atoms with E-state index in [0.717, 1.165) is 5.56 Å². The van der Waals surface area contributed by atoms with Crippen LogP contribution >= 0.6 is 0 Å². The topological polar surface area (TPSA) is 128 Å². The van der Waals surface area contributed by atoms with Gasteiger partial charge in [0.1, 0.15) is 11.5 Å². The van der Waals surface area contributed by atoms with Gasteiger partial charge in [-0.3, -0.25) is 15.2 Å². The minimum absolute atomic E-state index is 0.0103. The zero-order valence-electron chi connectivity index (χ0n) is 10.7. The largest absolute Gasteiger partial charge is 0.384 e. The number of nitro groups is 1. The minimum atomic E-state index is -0.435. The summed E-state index contributed by atoms with van der Waals surface area (Å²) < 4.78 is 1.56. The molecule has 0 atom stereocenters. The van der Waals surface area contributed by atoms with Crippen LogP contribution < -0.4 is 11.1 Å². The van der Waals surface area contributed by atoms with E-state index in [1.54, 1.807) is 17.8 Å². The number of aromatic nitrogens is 4. The Kier molecular flexibility index (Phi) is 3.36. The molecule has 0 fully saturated rings. The van der Waals surface area contributed by atoms with Gasteiger partial charge in [-0.05, 0) is 13.8 Å². The van der Waals surface area contributed by atoms with Gasteiger partial charge in [0.15, 0.2) is 0 Å². The van der Waals surface area contributed by atoms with Crippen LogP contribution in [0.1, 0.15) is 18.2 Å². The van der Waals surface area contributed by atoms with Crippen molar-refractivity contribution >= 4 is 17.3 Å². The molecule has 102 valence electrons. The van der Waals surface area contributed by atoms with Crippen LogP contribution in [0.5, 0.6) is 0 Å². The summed E-state index contributed by atoms with van der Waals surface area (Å²) in [7, 11) is 0. The summed E-state index contributed by atoms with van der Waals surface area (Å²) in [6.45, 7) is 4.36. The van der Waals surface area contributed by atoms with Gasteiger partial charge in [0.2, 0.25) is 5.82 Å². The maximum atomic E-state index is 11.1. The summed E-state index contributed by atoms with van der Waals surface area (Å²) in [5.41, 5.74) is 6.78. The Balaban J connectivity index is 2.28. The minimum Gasteiger partial charge on any atom is -0.384 e. The van der Waals surface area contributed by atoms with Crippen molar-refractivity contribution in [2.75, 3.05) is 11.1 Å². The number of rotatable bonds is 5. The van der Waals surface area contributed by atoms with E-state index in [1.807, 2.05) is 6.92 Å². The first kappa shape index (κ1) is 12.9. The predicted molar refractivity (Wildman–Crippen MR) is 69.6 cm³/mol. The monoisotopic (exact) mass is 265 g/mol. The van der Waals surface area contributed by atoms with E-state index in [0.29, 0.717) is 30.4 Å². The fourth-order valence-electron chi connectivity index (χ4n) is 1.84. The van der Waals surface area contributed by atoms with Crippen LogP contribution in [-0.2, 0) is 13.1 Å². The summed E-state index contributed by atoms with van der Waals surface area (Å²) in [5, 5.41) is 24.6. The Morgan fingerprint density at radius 1 is 1.63 bits per heavy atom. The number of nitrogens with one attached hydrogen (secondary N) is 2. The molecule has 0 aliphatic rings. The highest BCUT2D eigenvalue weighted by Crippen LogP contribution is 2.28. The molecule has 0 saturated heterocycles. The summed E-state index contributed by atoms with van der Waals surface area (Å²) in [4.78, 5) is 10.6. The molecular formula is C10H15N7O2. The number of nitrogen functional groups attached to an aromatic ring is 1. The van der Waals surface area contributed by atoms with Crippen molar-refractivity contribution in [3.63, 3.8) is 0 Å². The number of H-pyrrole nitrogens is 1. The Morgan fingerprint density at radius 3 is 2.89 bits per heavy atom. The van der Waals surface area contributed by atoms with Crippen LogP contribution in [0.4, 0.5) is 17.3 Å². The second-order valence-electron chi connectivity index (χ2n) is 4.02. The molecule has 0 aromatic carbocycles. The van der Waals surface area contributed by atoms with Gasteiger partial charge < -0.3 is 11.1 Å². The van der Waals surface area contributed by atoms with Crippen LogP contribution in [-0.4, -0.2) is 24.9 Å². The quantitative estimate of drug-likeness (QED) is 0.547. The van der Waals surface area contributed by atoms with Crippen molar-refractivity contribution in [1.82, 2.24) is 20.0 Å². The molecule has 9 nitrogen and oxygen atoms in total. The Morgan fingerprint density at radius 2 is 2.37 bits per heavy atom. The van der Waals surface area contributed by atoms with Crippen LogP contribution in [0.3, 0.4) is 0 Å². The molecule has 0 saturated carbocycles. The maximum absolute atomic E-state index is 11.1. The lowest BCUT2D eigenvalue weighted by molar-refractivity contribution is -0.384. The lowest BCUT2D eigenvalue weighted by Gasteiger charge is -2.06. The molecule has 0 unspecified atom stereocenters. The summed E-state index contributed by atoms with van der Waals surface area (Å²) >= 11 is 0. The lowest BCUT2D eigenvalue weighted by atomic mass is 10.3. The summed E-state index contributed by atoms with van der Waals surface area (Å²) in [5.74, 6) is 0.819. The number of anilines is 2. The predicted octanol–water partition coefficient (Wildman–Crippen LogP) is 1.04. The maximum Gasteiger partial charge on any atom is 0.333 e. The first-order valence-electron chi connectivity index (χ1n) is 5.78. The number of nitrogens with two attached hydrogens (primary N) is 1. The molecule has 0 amide bonds. The third kappa shape index (κ3) is 2.34. The Hall–Kier alpha value is -2.58. The molecule has 0 bridgehead atoms. The SMILES string of the molecule is CCn1nc(C)c([N+](=O)[O-])c1NCc1cn[nH]c1N. The normalized spacial score (nSPS) is 10.6. The Labute approximate surface area is 108 Å². The average Bonchev–Trinajstić information content (AvgIpc) is 2.90. The second kappa shape index (κ2) is 4.96. The third-order valence-corrected chi connectivity index (χ3v) is 2.78. The van der Waals surface area contributed by atoms with E-state index >= 15 is 0 Å². The van der Waals surface area contributed by atoms with E-state index < -0.39 is 4.92 Å². The molecular weight excluding hydrogens is 250 g/mol. The zero-order chi connectivity index (χ0) is 14.0. The molecule has 2 heterocycles. The summed E-state index contributed by atoms with van der Waals surface area (Å²) in [6, 6.07) is 0. The standard InChI is InChI=1S/C10H15N7O2/c1-3-16-10(8(17(18)19)6(2)15-16)12-4-7-5-13-14-9(7)11/h5,12H,3-4H2,1-2H3,(H3,11,13,14). The van der Waals surface area contributed by atoms with Crippen molar-refractivity contribution in [3.8, 4) is 0 Å². The van der Waals surface area contributed by atoms with Gasteiger partial charge >= 0.3 is 5.69 Å². The molecule has 2 aromatic rings. The number of aryl methyl sites for hydroxylation is 2.